The van der Waals surface area contributed by atoms with Crippen LogP contribution < -0.4 is 5.32 Å². The molecule has 0 aromatic carbocycles. The number of rotatable bonds is 25. The quantitative estimate of drug-likeness (QED) is 0.0798. The molecule has 5 heteroatoms. The highest BCUT2D eigenvalue weighted by Gasteiger charge is 2.22. The summed E-state index contributed by atoms with van der Waals surface area (Å²) in [6.07, 6.45) is 30.2. The first-order valence-electron chi connectivity index (χ1n) is 14.8. The Morgan fingerprint density at radius 2 is 1.19 bits per heavy atom. The van der Waals surface area contributed by atoms with Crippen LogP contribution in [0.5, 0.6) is 0 Å². The topological polar surface area (TPSA) is 89.8 Å². The average Bonchev–Trinajstić information content (AvgIpc) is 2.88. The summed E-state index contributed by atoms with van der Waals surface area (Å²) in [7, 11) is 0. The van der Waals surface area contributed by atoms with Gasteiger partial charge in [-0.15, -0.1) is 0 Å². The van der Waals surface area contributed by atoms with E-state index >= 15 is 0 Å². The van der Waals surface area contributed by atoms with Gasteiger partial charge in [-0.2, -0.15) is 0 Å². The van der Waals surface area contributed by atoms with Crippen molar-refractivity contribution in [3.05, 3.63) is 36.5 Å². The minimum absolute atomic E-state index is 0.208. The van der Waals surface area contributed by atoms with Crippen molar-refractivity contribution in [2.24, 2.45) is 0 Å². The number of unbranched alkanes of at least 4 members (excludes halogenated alkanes) is 14. The second-order valence-corrected chi connectivity index (χ2v) is 9.97. The standard InChI is InChI=1S/C31H57NO4/c1-3-5-7-9-11-13-15-16-18-20-22-24-26-30(35)31(36)32-28(27-33)29(34)25-23-21-19-17-14-12-10-8-6-4-2/h16,18,22-25,28-30,33-35H,3-15,17,19-21,26-27H2,1-2H3,(H,32,36)/b18-16-,24-22-,25-23+. The molecule has 0 aromatic heterocycles. The third-order valence-electron chi connectivity index (χ3n) is 6.49. The Bertz CT molecular complexity index is 573. The molecule has 0 radical (unpaired) electrons. The van der Waals surface area contributed by atoms with Crippen molar-refractivity contribution in [2.45, 2.75) is 148 Å². The van der Waals surface area contributed by atoms with E-state index in [0.29, 0.717) is 0 Å². The summed E-state index contributed by atoms with van der Waals surface area (Å²) in [5.41, 5.74) is 0. The van der Waals surface area contributed by atoms with Gasteiger partial charge in [0.25, 0.3) is 0 Å². The lowest BCUT2D eigenvalue weighted by atomic mass is 10.1. The molecule has 4 N–H and O–H groups in total. The maximum absolute atomic E-state index is 12.2. The summed E-state index contributed by atoms with van der Waals surface area (Å²) in [5.74, 6) is -0.576. The highest BCUT2D eigenvalue weighted by Crippen LogP contribution is 2.10. The normalized spacial score (nSPS) is 14.7. The van der Waals surface area contributed by atoms with E-state index in [2.05, 4.69) is 31.3 Å². The van der Waals surface area contributed by atoms with E-state index in [-0.39, 0.29) is 13.0 Å². The van der Waals surface area contributed by atoms with Crippen molar-refractivity contribution >= 4 is 5.91 Å². The molecule has 0 aliphatic carbocycles. The summed E-state index contributed by atoms with van der Waals surface area (Å²) in [6.45, 7) is 4.07. The Labute approximate surface area is 222 Å². The molecule has 0 aromatic rings. The van der Waals surface area contributed by atoms with E-state index in [4.69, 9.17) is 0 Å². The van der Waals surface area contributed by atoms with Gasteiger partial charge in [-0.3, -0.25) is 4.79 Å². The van der Waals surface area contributed by atoms with E-state index in [9.17, 15) is 20.1 Å². The Kier molecular flexibility index (Phi) is 25.6. The fourth-order valence-corrected chi connectivity index (χ4v) is 4.05. The van der Waals surface area contributed by atoms with Gasteiger partial charge < -0.3 is 20.6 Å². The molecule has 0 saturated heterocycles. The zero-order valence-corrected chi connectivity index (χ0v) is 23.4. The molecule has 5 nitrogen and oxygen atoms in total. The zero-order valence-electron chi connectivity index (χ0n) is 23.4. The number of aliphatic hydroxyl groups is 3. The first-order chi connectivity index (χ1) is 17.6. The van der Waals surface area contributed by atoms with Crippen LogP contribution in [-0.2, 0) is 4.79 Å². The van der Waals surface area contributed by atoms with E-state index < -0.39 is 24.2 Å². The first-order valence-corrected chi connectivity index (χ1v) is 14.8. The minimum atomic E-state index is -1.20. The molecule has 0 aliphatic rings. The second kappa shape index (κ2) is 26.6. The molecule has 0 bridgehead atoms. The van der Waals surface area contributed by atoms with Gasteiger partial charge in [-0.25, -0.2) is 0 Å². The van der Waals surface area contributed by atoms with Crippen molar-refractivity contribution in [2.75, 3.05) is 6.61 Å². The number of amides is 1. The SMILES string of the molecule is CCCCCCCC/C=C\C/C=C\CC(O)C(=O)NC(CO)C(O)/C=C/CCCCCCCCCC. The van der Waals surface area contributed by atoms with Gasteiger partial charge in [-0.05, 0) is 32.1 Å². The van der Waals surface area contributed by atoms with Crippen LogP contribution in [0, 0.1) is 0 Å². The second-order valence-electron chi connectivity index (χ2n) is 9.97. The van der Waals surface area contributed by atoms with Crippen LogP contribution in [0.15, 0.2) is 36.5 Å². The summed E-state index contributed by atoms with van der Waals surface area (Å²) in [5, 5.41) is 32.5. The van der Waals surface area contributed by atoms with Crippen molar-refractivity contribution in [3.8, 4) is 0 Å². The van der Waals surface area contributed by atoms with Gasteiger partial charge in [0.1, 0.15) is 6.10 Å². The molecule has 0 fully saturated rings. The van der Waals surface area contributed by atoms with Crippen LogP contribution in [0.25, 0.3) is 0 Å². The van der Waals surface area contributed by atoms with Gasteiger partial charge >= 0.3 is 0 Å². The maximum Gasteiger partial charge on any atom is 0.249 e. The first kappa shape index (κ1) is 34.6. The Morgan fingerprint density at radius 3 is 1.75 bits per heavy atom. The van der Waals surface area contributed by atoms with Crippen LogP contribution in [-0.4, -0.2) is 46.1 Å². The van der Waals surface area contributed by atoms with E-state index in [1.54, 1.807) is 12.2 Å². The Hall–Kier alpha value is -1.43. The summed E-state index contributed by atoms with van der Waals surface area (Å²) >= 11 is 0. The third-order valence-corrected chi connectivity index (χ3v) is 6.49. The lowest BCUT2D eigenvalue weighted by Crippen LogP contribution is -2.48. The smallest absolute Gasteiger partial charge is 0.249 e. The summed E-state index contributed by atoms with van der Waals surface area (Å²) < 4.78 is 0. The van der Waals surface area contributed by atoms with E-state index in [1.807, 2.05) is 12.2 Å². The zero-order chi connectivity index (χ0) is 26.7. The predicted molar refractivity (Wildman–Crippen MR) is 153 cm³/mol. The van der Waals surface area contributed by atoms with Crippen molar-refractivity contribution in [1.82, 2.24) is 5.32 Å². The highest BCUT2D eigenvalue weighted by atomic mass is 16.3. The van der Waals surface area contributed by atoms with Crippen molar-refractivity contribution < 1.29 is 20.1 Å². The number of hydrogen-bond donors (Lipinski definition) is 4. The molecule has 0 saturated carbocycles. The molecule has 0 spiro atoms. The van der Waals surface area contributed by atoms with Gasteiger partial charge in [-0.1, -0.05) is 127 Å². The van der Waals surface area contributed by atoms with Gasteiger partial charge in [0, 0.05) is 6.42 Å². The van der Waals surface area contributed by atoms with Crippen LogP contribution in [0.1, 0.15) is 129 Å². The number of carbonyl (C=O) groups is 1. The number of hydrogen-bond acceptors (Lipinski definition) is 4. The van der Waals surface area contributed by atoms with Gasteiger partial charge in [0.05, 0.1) is 18.8 Å². The van der Waals surface area contributed by atoms with E-state index in [1.165, 1.54) is 83.5 Å². The molecule has 0 heterocycles. The van der Waals surface area contributed by atoms with Gasteiger partial charge in [0.2, 0.25) is 5.91 Å². The fourth-order valence-electron chi connectivity index (χ4n) is 4.05. The number of allylic oxidation sites excluding steroid dienone is 4. The lowest BCUT2D eigenvalue weighted by molar-refractivity contribution is -0.131. The lowest BCUT2D eigenvalue weighted by Gasteiger charge is -2.21. The number of aliphatic hydroxyl groups excluding tert-OH is 3. The largest absolute Gasteiger partial charge is 0.394 e. The molecule has 3 unspecified atom stereocenters. The molecular weight excluding hydrogens is 450 g/mol. The Morgan fingerprint density at radius 1 is 0.694 bits per heavy atom. The van der Waals surface area contributed by atoms with Crippen LogP contribution >= 0.6 is 0 Å². The molecule has 210 valence electrons. The van der Waals surface area contributed by atoms with E-state index in [0.717, 1.165) is 25.7 Å². The van der Waals surface area contributed by atoms with Crippen LogP contribution in [0.4, 0.5) is 0 Å². The minimum Gasteiger partial charge on any atom is -0.394 e. The molecular formula is C31H57NO4. The molecule has 36 heavy (non-hydrogen) atoms. The monoisotopic (exact) mass is 507 g/mol. The molecule has 0 rings (SSSR count). The number of carbonyl (C=O) groups excluding carboxylic acids is 1. The average molecular weight is 508 g/mol. The fraction of sp³-hybridized carbons (Fsp3) is 0.774. The molecule has 1 amide bonds. The van der Waals surface area contributed by atoms with Gasteiger partial charge in [0.15, 0.2) is 0 Å². The Balaban J connectivity index is 3.99. The summed E-state index contributed by atoms with van der Waals surface area (Å²) in [4.78, 5) is 12.2. The van der Waals surface area contributed by atoms with Crippen LogP contribution in [0.3, 0.4) is 0 Å². The molecule has 3 atom stereocenters. The van der Waals surface area contributed by atoms with Crippen molar-refractivity contribution in [1.29, 1.82) is 0 Å². The van der Waals surface area contributed by atoms with Crippen LogP contribution in [0.2, 0.25) is 0 Å². The summed E-state index contributed by atoms with van der Waals surface area (Å²) in [6, 6.07) is -0.823. The highest BCUT2D eigenvalue weighted by molar-refractivity contribution is 5.81. The number of nitrogens with one attached hydrogen (secondary N) is 1. The third kappa shape index (κ3) is 21.8. The molecule has 0 aliphatic heterocycles. The van der Waals surface area contributed by atoms with Crippen molar-refractivity contribution in [3.63, 3.8) is 0 Å². The maximum atomic E-state index is 12.2. The predicted octanol–water partition coefficient (Wildman–Crippen LogP) is 6.92.